The molecule has 0 spiro atoms. The van der Waals surface area contributed by atoms with Crippen LogP contribution in [0.25, 0.3) is 0 Å². The Morgan fingerprint density at radius 2 is 2.00 bits per heavy atom. The van der Waals surface area contributed by atoms with Crippen molar-refractivity contribution in [2.45, 2.75) is 6.92 Å². The quantitative estimate of drug-likeness (QED) is 0.489. The number of carbonyl (C=O) groups excluding carboxylic acids is 1. The Hall–Kier alpha value is -0.700. The molecule has 3 nitrogen and oxygen atoms in total. The van der Waals surface area contributed by atoms with Crippen LogP contribution in [0.1, 0.15) is 6.92 Å². The second-order valence-electron chi connectivity index (χ2n) is 1.21. The summed E-state index contributed by atoms with van der Waals surface area (Å²) in [4.78, 5) is 10.0. The second-order valence-corrected chi connectivity index (χ2v) is 1.21. The molecule has 0 aliphatic carbocycles. The molecule has 0 aromatic carbocycles. The number of carbonyl (C=O) groups is 1. The summed E-state index contributed by atoms with van der Waals surface area (Å²) in [6.07, 6.45) is 1.18. The molecular weight excluding hydrogens is 128 g/mol. The first kappa shape index (κ1) is 10.3. The van der Waals surface area contributed by atoms with Crippen LogP contribution >= 0.6 is 12.4 Å². The minimum atomic E-state index is -0.470. The van der Waals surface area contributed by atoms with E-state index in [-0.39, 0.29) is 12.4 Å². The summed E-state index contributed by atoms with van der Waals surface area (Å²) in [5.41, 5.74) is 10.1. The summed E-state index contributed by atoms with van der Waals surface area (Å²) in [5, 5.41) is 0. The zero-order valence-electron chi connectivity index (χ0n) is 4.55. The van der Waals surface area contributed by atoms with Crippen molar-refractivity contribution in [2.24, 2.45) is 11.5 Å². The lowest BCUT2D eigenvalue weighted by molar-refractivity contribution is -0.114. The van der Waals surface area contributed by atoms with Gasteiger partial charge in [-0.3, -0.25) is 4.79 Å². The van der Waals surface area contributed by atoms with Crippen LogP contribution in [0.3, 0.4) is 0 Å². The van der Waals surface area contributed by atoms with Crippen LogP contribution in [-0.4, -0.2) is 5.91 Å². The van der Waals surface area contributed by atoms with Gasteiger partial charge in [-0.05, 0) is 6.92 Å². The van der Waals surface area contributed by atoms with Crippen LogP contribution in [0.5, 0.6) is 0 Å². The topological polar surface area (TPSA) is 69.1 Å². The molecule has 4 N–H and O–H groups in total. The summed E-state index contributed by atoms with van der Waals surface area (Å²) >= 11 is 0. The van der Waals surface area contributed by atoms with E-state index in [1.807, 2.05) is 0 Å². The predicted octanol–water partition coefficient (Wildman–Crippen LogP) is -0.244. The standard InChI is InChI=1S/C4H8N2O.ClH/c1-3(2-5)4(6)7;/h2H,5H2,1H3,(H2,6,7);1H. The fourth-order valence-electron chi connectivity index (χ4n) is 0.0821. The number of rotatable bonds is 1. The first-order valence-corrected chi connectivity index (χ1v) is 1.86. The third-order valence-corrected chi connectivity index (χ3v) is 0.639. The largest absolute Gasteiger partial charge is 0.404 e. The van der Waals surface area contributed by atoms with Gasteiger partial charge in [0.25, 0.3) is 0 Å². The van der Waals surface area contributed by atoms with E-state index in [0.717, 1.165) is 0 Å². The highest BCUT2D eigenvalue weighted by atomic mass is 35.5. The molecule has 0 bridgehead atoms. The maximum Gasteiger partial charge on any atom is 0.245 e. The van der Waals surface area contributed by atoms with E-state index >= 15 is 0 Å². The molecule has 1 amide bonds. The number of hydrogen-bond acceptors (Lipinski definition) is 2. The fraction of sp³-hybridized carbons (Fsp3) is 0.250. The van der Waals surface area contributed by atoms with Crippen molar-refractivity contribution < 1.29 is 4.79 Å². The molecule has 0 rings (SSSR count). The molecule has 8 heavy (non-hydrogen) atoms. The zero-order chi connectivity index (χ0) is 5.86. The van der Waals surface area contributed by atoms with Gasteiger partial charge < -0.3 is 11.5 Å². The Kier molecular flexibility index (Phi) is 5.75. The zero-order valence-corrected chi connectivity index (χ0v) is 5.37. The molecule has 4 heteroatoms. The second kappa shape index (κ2) is 4.46. The number of nitrogens with two attached hydrogens (primary N) is 2. The smallest absolute Gasteiger partial charge is 0.245 e. The molecule has 0 heterocycles. The molecule has 48 valence electrons. The lowest BCUT2D eigenvalue weighted by Crippen LogP contribution is -2.12. The van der Waals surface area contributed by atoms with E-state index in [1.54, 1.807) is 6.92 Å². The molecule has 0 saturated heterocycles. The van der Waals surface area contributed by atoms with Gasteiger partial charge in [0.1, 0.15) is 0 Å². The fourth-order valence-corrected chi connectivity index (χ4v) is 0.0821. The number of primary amides is 1. The van der Waals surface area contributed by atoms with E-state index in [0.29, 0.717) is 5.57 Å². The molecule has 0 aliphatic heterocycles. The number of amides is 1. The molecular formula is C4H9ClN2O. The molecule has 0 fully saturated rings. The Morgan fingerprint density at radius 1 is 1.62 bits per heavy atom. The van der Waals surface area contributed by atoms with Crippen LogP contribution in [-0.2, 0) is 4.79 Å². The van der Waals surface area contributed by atoms with Gasteiger partial charge in [0.15, 0.2) is 0 Å². The summed E-state index contributed by atoms with van der Waals surface area (Å²) in [5.74, 6) is -0.470. The maximum atomic E-state index is 10.0. The van der Waals surface area contributed by atoms with Crippen LogP contribution < -0.4 is 11.5 Å². The van der Waals surface area contributed by atoms with Gasteiger partial charge in [0.05, 0.1) is 0 Å². The van der Waals surface area contributed by atoms with Crippen LogP contribution in [0.15, 0.2) is 11.8 Å². The van der Waals surface area contributed by atoms with Gasteiger partial charge in [-0.1, -0.05) is 0 Å². The van der Waals surface area contributed by atoms with Crippen molar-refractivity contribution in [3.8, 4) is 0 Å². The Morgan fingerprint density at radius 3 is 2.00 bits per heavy atom. The van der Waals surface area contributed by atoms with Crippen molar-refractivity contribution in [2.75, 3.05) is 0 Å². The van der Waals surface area contributed by atoms with Gasteiger partial charge in [-0.15, -0.1) is 12.4 Å². The van der Waals surface area contributed by atoms with Gasteiger partial charge in [-0.2, -0.15) is 0 Å². The average molecular weight is 137 g/mol. The summed E-state index contributed by atoms with van der Waals surface area (Å²) in [6.45, 7) is 1.56. The monoisotopic (exact) mass is 136 g/mol. The molecule has 0 aromatic rings. The highest BCUT2D eigenvalue weighted by molar-refractivity contribution is 5.91. The third kappa shape index (κ3) is 3.49. The van der Waals surface area contributed by atoms with Crippen molar-refractivity contribution in [3.05, 3.63) is 11.8 Å². The van der Waals surface area contributed by atoms with Crippen molar-refractivity contribution >= 4 is 18.3 Å². The Labute approximate surface area is 54.1 Å². The number of hydrogen-bond donors (Lipinski definition) is 2. The molecule has 0 saturated carbocycles. The van der Waals surface area contributed by atoms with E-state index in [2.05, 4.69) is 0 Å². The highest BCUT2D eigenvalue weighted by Crippen LogP contribution is 1.81. The Bertz CT molecular complexity index is 111. The predicted molar refractivity (Wildman–Crippen MR) is 34.4 cm³/mol. The molecule has 0 radical (unpaired) electrons. The van der Waals surface area contributed by atoms with Crippen molar-refractivity contribution in [1.82, 2.24) is 0 Å². The average Bonchev–Trinajstić information content (AvgIpc) is 1.65. The summed E-state index contributed by atoms with van der Waals surface area (Å²) in [6, 6.07) is 0. The summed E-state index contributed by atoms with van der Waals surface area (Å²) < 4.78 is 0. The van der Waals surface area contributed by atoms with E-state index in [9.17, 15) is 4.79 Å². The lowest BCUT2D eigenvalue weighted by Gasteiger charge is -1.85. The third-order valence-electron chi connectivity index (χ3n) is 0.639. The van der Waals surface area contributed by atoms with Gasteiger partial charge in [-0.25, -0.2) is 0 Å². The van der Waals surface area contributed by atoms with Gasteiger partial charge >= 0.3 is 0 Å². The summed E-state index contributed by atoms with van der Waals surface area (Å²) in [7, 11) is 0. The molecule has 0 aromatic heterocycles. The van der Waals surface area contributed by atoms with Crippen molar-refractivity contribution in [3.63, 3.8) is 0 Å². The van der Waals surface area contributed by atoms with E-state index in [4.69, 9.17) is 11.5 Å². The minimum Gasteiger partial charge on any atom is -0.404 e. The lowest BCUT2D eigenvalue weighted by atomic mass is 10.3. The highest BCUT2D eigenvalue weighted by Gasteiger charge is 1.90. The van der Waals surface area contributed by atoms with Crippen molar-refractivity contribution in [1.29, 1.82) is 0 Å². The maximum absolute atomic E-state index is 10.0. The Balaban J connectivity index is 0. The molecule has 0 aliphatic rings. The van der Waals surface area contributed by atoms with Gasteiger partial charge in [0, 0.05) is 11.8 Å². The van der Waals surface area contributed by atoms with Gasteiger partial charge in [0.2, 0.25) is 5.91 Å². The van der Waals surface area contributed by atoms with E-state index in [1.165, 1.54) is 6.20 Å². The first-order chi connectivity index (χ1) is 3.18. The normalized spacial score (nSPS) is 9.88. The minimum absolute atomic E-state index is 0. The first-order valence-electron chi connectivity index (χ1n) is 1.86. The van der Waals surface area contributed by atoms with Crippen LogP contribution in [0, 0.1) is 0 Å². The van der Waals surface area contributed by atoms with Crippen LogP contribution in [0.4, 0.5) is 0 Å². The number of halogens is 1. The SMILES string of the molecule is CC(=CN)C(N)=O.Cl. The van der Waals surface area contributed by atoms with E-state index < -0.39 is 5.91 Å². The molecule has 0 atom stereocenters. The van der Waals surface area contributed by atoms with Crippen LogP contribution in [0.2, 0.25) is 0 Å². The molecule has 0 unspecified atom stereocenters.